The predicted octanol–water partition coefficient (Wildman–Crippen LogP) is 1.82. The van der Waals surface area contributed by atoms with Crippen molar-refractivity contribution < 1.29 is 0 Å². The first-order valence-electron chi connectivity index (χ1n) is 2.93. The molecule has 0 aliphatic heterocycles. The summed E-state index contributed by atoms with van der Waals surface area (Å²) in [7, 11) is 0. The third-order valence-electron chi connectivity index (χ3n) is 1.24. The molecule has 2 nitrogen and oxygen atoms in total. The van der Waals surface area contributed by atoms with Crippen molar-refractivity contribution in [2.24, 2.45) is 0 Å². The molecule has 3 heteroatoms. The van der Waals surface area contributed by atoms with Gasteiger partial charge in [0.1, 0.15) is 3.70 Å². The molecule has 50 valence electrons. The van der Waals surface area contributed by atoms with Crippen LogP contribution in [0.4, 0.5) is 0 Å². The van der Waals surface area contributed by atoms with E-state index in [1.807, 2.05) is 10.9 Å². The van der Waals surface area contributed by atoms with E-state index in [4.69, 9.17) is 0 Å². The van der Waals surface area contributed by atoms with Crippen LogP contribution in [0.2, 0.25) is 0 Å². The van der Waals surface area contributed by atoms with Crippen molar-refractivity contribution in [3.63, 3.8) is 0 Å². The molecular formula is C6H9IN2. The molecular weight excluding hydrogens is 227 g/mol. The highest BCUT2D eigenvalue weighted by atomic mass is 127. The molecule has 1 aromatic rings. The van der Waals surface area contributed by atoms with Gasteiger partial charge in [-0.25, -0.2) is 0 Å². The Balaban J connectivity index is 3.04. The Kier molecular flexibility index (Phi) is 2.10. The fourth-order valence-corrected chi connectivity index (χ4v) is 1.29. The van der Waals surface area contributed by atoms with Gasteiger partial charge < -0.3 is 0 Å². The summed E-state index contributed by atoms with van der Waals surface area (Å²) in [5.41, 5.74) is 1.26. The van der Waals surface area contributed by atoms with E-state index in [0.29, 0.717) is 0 Å². The highest BCUT2D eigenvalue weighted by Gasteiger charge is 1.98. The Bertz CT molecular complexity index is 205. The summed E-state index contributed by atoms with van der Waals surface area (Å²) in [5, 5.41) is 4.14. The monoisotopic (exact) mass is 236 g/mol. The second-order valence-electron chi connectivity index (χ2n) is 1.93. The average molecular weight is 236 g/mol. The third kappa shape index (κ3) is 1.26. The third-order valence-corrected chi connectivity index (χ3v) is 2.65. The molecule has 0 saturated carbocycles. The first-order valence-corrected chi connectivity index (χ1v) is 4.01. The average Bonchev–Trinajstić information content (AvgIpc) is 2.15. The molecule has 0 spiro atoms. The van der Waals surface area contributed by atoms with E-state index in [9.17, 15) is 0 Å². The van der Waals surface area contributed by atoms with Crippen molar-refractivity contribution in [3.8, 4) is 0 Å². The van der Waals surface area contributed by atoms with Gasteiger partial charge in [-0.2, -0.15) is 5.10 Å². The zero-order chi connectivity index (χ0) is 6.85. The van der Waals surface area contributed by atoms with Crippen LogP contribution in [0.5, 0.6) is 0 Å². The summed E-state index contributed by atoms with van der Waals surface area (Å²) in [4.78, 5) is 0. The first-order chi connectivity index (χ1) is 4.25. The van der Waals surface area contributed by atoms with E-state index in [0.717, 1.165) is 6.54 Å². The summed E-state index contributed by atoms with van der Waals surface area (Å²) in [5.74, 6) is 0. The predicted molar refractivity (Wildman–Crippen MR) is 45.4 cm³/mol. The van der Waals surface area contributed by atoms with E-state index in [1.165, 1.54) is 9.26 Å². The Morgan fingerprint density at radius 1 is 1.78 bits per heavy atom. The zero-order valence-electron chi connectivity index (χ0n) is 5.56. The normalized spacial score (nSPS) is 10.1. The number of nitrogens with zero attached hydrogens (tertiary/aromatic N) is 2. The van der Waals surface area contributed by atoms with Crippen LogP contribution >= 0.6 is 22.6 Å². The Labute approximate surface area is 68.4 Å². The molecule has 0 N–H and O–H groups in total. The maximum atomic E-state index is 4.14. The van der Waals surface area contributed by atoms with Crippen molar-refractivity contribution >= 4 is 22.6 Å². The van der Waals surface area contributed by atoms with Crippen molar-refractivity contribution in [3.05, 3.63) is 15.5 Å². The molecule has 1 heterocycles. The standard InChI is InChI=1S/C6H9IN2/c1-3-9-6(7)5(2)4-8-9/h4H,3H2,1-2H3. The van der Waals surface area contributed by atoms with Gasteiger partial charge in [-0.1, -0.05) is 0 Å². The van der Waals surface area contributed by atoms with Gasteiger partial charge >= 0.3 is 0 Å². The van der Waals surface area contributed by atoms with Crippen LogP contribution in [0.3, 0.4) is 0 Å². The van der Waals surface area contributed by atoms with E-state index in [-0.39, 0.29) is 0 Å². The van der Waals surface area contributed by atoms with Crippen LogP contribution in [0, 0.1) is 10.6 Å². The zero-order valence-corrected chi connectivity index (χ0v) is 7.71. The highest BCUT2D eigenvalue weighted by Crippen LogP contribution is 2.08. The van der Waals surface area contributed by atoms with E-state index < -0.39 is 0 Å². The summed E-state index contributed by atoms with van der Waals surface area (Å²) < 4.78 is 3.23. The van der Waals surface area contributed by atoms with Gasteiger partial charge in [-0.05, 0) is 36.4 Å². The highest BCUT2D eigenvalue weighted by molar-refractivity contribution is 14.1. The van der Waals surface area contributed by atoms with Gasteiger partial charge in [0, 0.05) is 12.1 Å². The molecule has 0 amide bonds. The molecule has 0 unspecified atom stereocenters. The molecule has 0 bridgehead atoms. The molecule has 0 aliphatic rings. The molecule has 0 saturated heterocycles. The molecule has 0 atom stereocenters. The summed E-state index contributed by atoms with van der Waals surface area (Å²) >= 11 is 2.30. The summed E-state index contributed by atoms with van der Waals surface area (Å²) in [6.07, 6.45) is 1.89. The van der Waals surface area contributed by atoms with E-state index >= 15 is 0 Å². The first kappa shape index (κ1) is 7.05. The van der Waals surface area contributed by atoms with Crippen molar-refractivity contribution in [2.75, 3.05) is 0 Å². The minimum Gasteiger partial charge on any atom is -0.259 e. The topological polar surface area (TPSA) is 17.8 Å². The number of aryl methyl sites for hydroxylation is 2. The number of aromatic nitrogens is 2. The smallest absolute Gasteiger partial charge is 0.102 e. The largest absolute Gasteiger partial charge is 0.259 e. The van der Waals surface area contributed by atoms with E-state index in [2.05, 4.69) is 41.5 Å². The number of rotatable bonds is 1. The van der Waals surface area contributed by atoms with E-state index in [1.54, 1.807) is 0 Å². The lowest BCUT2D eigenvalue weighted by atomic mass is 10.4. The second-order valence-corrected chi connectivity index (χ2v) is 2.96. The maximum Gasteiger partial charge on any atom is 0.102 e. The Hall–Kier alpha value is -0.0600. The number of halogens is 1. The van der Waals surface area contributed by atoms with Crippen LogP contribution in [0.1, 0.15) is 12.5 Å². The van der Waals surface area contributed by atoms with Gasteiger partial charge in [0.15, 0.2) is 0 Å². The Morgan fingerprint density at radius 3 is 2.67 bits per heavy atom. The lowest BCUT2D eigenvalue weighted by molar-refractivity contribution is 0.643. The lowest BCUT2D eigenvalue weighted by Gasteiger charge is -1.95. The fourth-order valence-electron chi connectivity index (χ4n) is 0.684. The van der Waals surface area contributed by atoms with Crippen molar-refractivity contribution in [1.82, 2.24) is 9.78 Å². The maximum absolute atomic E-state index is 4.14. The number of hydrogen-bond acceptors (Lipinski definition) is 1. The summed E-state index contributed by atoms with van der Waals surface area (Å²) in [6, 6.07) is 0. The minimum atomic E-state index is 0.964. The van der Waals surface area contributed by atoms with Crippen LogP contribution in [0.25, 0.3) is 0 Å². The fraction of sp³-hybridized carbons (Fsp3) is 0.500. The molecule has 9 heavy (non-hydrogen) atoms. The molecule has 1 rings (SSSR count). The molecule has 0 aromatic carbocycles. The molecule has 0 aliphatic carbocycles. The second kappa shape index (κ2) is 2.68. The van der Waals surface area contributed by atoms with Gasteiger partial charge in [0.2, 0.25) is 0 Å². The SMILES string of the molecule is CCn1ncc(C)c1I. The van der Waals surface area contributed by atoms with Crippen molar-refractivity contribution in [2.45, 2.75) is 20.4 Å². The lowest BCUT2D eigenvalue weighted by Crippen LogP contribution is -1.98. The van der Waals surface area contributed by atoms with Crippen LogP contribution in [-0.2, 0) is 6.54 Å². The van der Waals surface area contributed by atoms with Crippen LogP contribution in [0.15, 0.2) is 6.20 Å². The van der Waals surface area contributed by atoms with Gasteiger partial charge in [0.25, 0.3) is 0 Å². The van der Waals surface area contributed by atoms with Gasteiger partial charge in [0.05, 0.1) is 6.20 Å². The Morgan fingerprint density at radius 2 is 2.44 bits per heavy atom. The quantitative estimate of drug-likeness (QED) is 0.680. The van der Waals surface area contributed by atoms with Crippen molar-refractivity contribution in [1.29, 1.82) is 0 Å². The van der Waals surface area contributed by atoms with Crippen LogP contribution in [-0.4, -0.2) is 9.78 Å². The summed E-state index contributed by atoms with van der Waals surface area (Å²) in [6.45, 7) is 5.13. The van der Waals surface area contributed by atoms with Crippen LogP contribution < -0.4 is 0 Å². The van der Waals surface area contributed by atoms with Gasteiger partial charge in [-0.15, -0.1) is 0 Å². The minimum absolute atomic E-state index is 0.964. The number of hydrogen-bond donors (Lipinski definition) is 0. The molecule has 1 aromatic heterocycles. The molecule has 0 radical (unpaired) electrons. The van der Waals surface area contributed by atoms with Gasteiger partial charge in [-0.3, -0.25) is 4.68 Å². The molecule has 0 fully saturated rings.